The molecule has 122 valence electrons. The van der Waals surface area contributed by atoms with Gasteiger partial charge in [-0.1, -0.05) is 24.3 Å². The predicted molar refractivity (Wildman–Crippen MR) is 89.2 cm³/mol. The smallest absolute Gasteiger partial charge is 0.236 e. The molecule has 1 saturated heterocycles. The average Bonchev–Trinajstić information content (AvgIpc) is 2.50. The Morgan fingerprint density at radius 3 is 2.14 bits per heavy atom. The first-order valence-corrected chi connectivity index (χ1v) is 7.36. The zero-order valence-electron chi connectivity index (χ0n) is 13.2. The first-order chi connectivity index (χ1) is 10.1. The maximum atomic E-state index is 12.3. The molecule has 1 aliphatic heterocycles. The van der Waals surface area contributed by atoms with Gasteiger partial charge in [-0.15, -0.1) is 12.4 Å². The summed E-state index contributed by atoms with van der Waals surface area (Å²) in [7, 11) is 1.76. The lowest BCUT2D eigenvalue weighted by molar-refractivity contribution is -0.138. The van der Waals surface area contributed by atoms with Crippen LogP contribution in [0.2, 0.25) is 0 Å². The molecule has 0 spiro atoms. The number of carbonyl (C=O) groups is 2. The topological polar surface area (TPSA) is 52.7 Å². The molecule has 0 atom stereocenters. The number of benzene rings is 1. The first-order valence-electron chi connectivity index (χ1n) is 7.36. The van der Waals surface area contributed by atoms with E-state index in [0.717, 1.165) is 11.1 Å². The summed E-state index contributed by atoms with van der Waals surface area (Å²) in [6, 6.07) is 7.97. The van der Waals surface area contributed by atoms with E-state index in [-0.39, 0.29) is 24.2 Å². The van der Waals surface area contributed by atoms with Gasteiger partial charge in [-0.05, 0) is 25.1 Å². The largest absolute Gasteiger partial charge is 0.339 e. The number of piperazine rings is 1. The van der Waals surface area contributed by atoms with Crippen molar-refractivity contribution in [3.8, 4) is 0 Å². The second-order valence-corrected chi connectivity index (χ2v) is 5.40. The quantitative estimate of drug-likeness (QED) is 0.893. The third-order valence-corrected chi connectivity index (χ3v) is 3.92. The Morgan fingerprint density at radius 2 is 1.59 bits per heavy atom. The van der Waals surface area contributed by atoms with Crippen molar-refractivity contribution in [3.05, 3.63) is 35.4 Å². The Kier molecular flexibility index (Phi) is 7.35. The van der Waals surface area contributed by atoms with Crippen LogP contribution in [0.1, 0.15) is 11.1 Å². The lowest BCUT2D eigenvalue weighted by Crippen LogP contribution is -2.52. The SMILES string of the molecule is CNCC(=O)N1CCN(C(=O)Cc2ccccc2C)CC1.Cl. The van der Waals surface area contributed by atoms with Crippen LogP contribution in [0.25, 0.3) is 0 Å². The standard InChI is InChI=1S/C16H23N3O2.ClH/c1-13-5-3-4-6-14(13)11-15(20)18-7-9-19(10-8-18)16(21)12-17-2;/h3-6,17H,7-12H2,1-2H3;1H. The van der Waals surface area contributed by atoms with Crippen molar-refractivity contribution < 1.29 is 9.59 Å². The molecule has 1 N–H and O–H groups in total. The Morgan fingerprint density at radius 1 is 1.05 bits per heavy atom. The van der Waals surface area contributed by atoms with Gasteiger partial charge in [-0.2, -0.15) is 0 Å². The molecule has 5 nitrogen and oxygen atoms in total. The van der Waals surface area contributed by atoms with Crippen molar-refractivity contribution in [2.75, 3.05) is 39.8 Å². The lowest BCUT2D eigenvalue weighted by atomic mass is 10.1. The van der Waals surface area contributed by atoms with Gasteiger partial charge in [0.1, 0.15) is 0 Å². The third kappa shape index (κ3) is 4.71. The van der Waals surface area contributed by atoms with Crippen LogP contribution in [-0.4, -0.2) is 61.4 Å². The number of likely N-dealkylation sites (N-methyl/N-ethyl adjacent to an activating group) is 1. The van der Waals surface area contributed by atoms with Gasteiger partial charge in [-0.3, -0.25) is 9.59 Å². The normalized spacial score (nSPS) is 14.5. The summed E-state index contributed by atoms with van der Waals surface area (Å²) < 4.78 is 0. The molecule has 1 aromatic rings. The van der Waals surface area contributed by atoms with Gasteiger partial charge in [0.05, 0.1) is 13.0 Å². The molecule has 0 bridgehead atoms. The number of nitrogens with one attached hydrogen (secondary N) is 1. The molecule has 0 unspecified atom stereocenters. The molecular weight excluding hydrogens is 302 g/mol. The van der Waals surface area contributed by atoms with Crippen LogP contribution in [0, 0.1) is 6.92 Å². The minimum Gasteiger partial charge on any atom is -0.339 e. The number of hydrogen-bond acceptors (Lipinski definition) is 3. The van der Waals surface area contributed by atoms with Gasteiger partial charge in [0.25, 0.3) is 0 Å². The molecule has 6 heteroatoms. The number of rotatable bonds is 4. The summed E-state index contributed by atoms with van der Waals surface area (Å²) in [4.78, 5) is 27.8. The molecule has 2 amide bonds. The van der Waals surface area contributed by atoms with Crippen LogP contribution in [0.4, 0.5) is 0 Å². The van der Waals surface area contributed by atoms with E-state index in [9.17, 15) is 9.59 Å². The number of hydrogen-bond donors (Lipinski definition) is 1. The van der Waals surface area contributed by atoms with Crippen molar-refractivity contribution in [2.24, 2.45) is 0 Å². The highest BCUT2D eigenvalue weighted by Gasteiger charge is 2.23. The third-order valence-electron chi connectivity index (χ3n) is 3.92. The summed E-state index contributed by atoms with van der Waals surface area (Å²) in [6.07, 6.45) is 0.442. The van der Waals surface area contributed by atoms with Gasteiger partial charge >= 0.3 is 0 Å². The van der Waals surface area contributed by atoms with E-state index in [4.69, 9.17) is 0 Å². The van der Waals surface area contributed by atoms with Crippen molar-refractivity contribution in [2.45, 2.75) is 13.3 Å². The molecule has 0 radical (unpaired) electrons. The maximum absolute atomic E-state index is 12.3. The Bertz CT molecular complexity index is 514. The highest BCUT2D eigenvalue weighted by molar-refractivity contribution is 5.85. The molecule has 0 aromatic heterocycles. The van der Waals surface area contributed by atoms with Gasteiger partial charge < -0.3 is 15.1 Å². The van der Waals surface area contributed by atoms with Crippen LogP contribution in [-0.2, 0) is 16.0 Å². The number of nitrogens with zero attached hydrogens (tertiary/aromatic N) is 2. The van der Waals surface area contributed by atoms with E-state index >= 15 is 0 Å². The van der Waals surface area contributed by atoms with Gasteiger partial charge in [0, 0.05) is 26.2 Å². The van der Waals surface area contributed by atoms with Crippen LogP contribution >= 0.6 is 12.4 Å². The zero-order valence-corrected chi connectivity index (χ0v) is 14.0. The minimum absolute atomic E-state index is 0. The molecule has 1 fully saturated rings. The summed E-state index contributed by atoms with van der Waals surface area (Å²) in [6.45, 7) is 4.88. The second-order valence-electron chi connectivity index (χ2n) is 5.40. The minimum atomic E-state index is 0. The van der Waals surface area contributed by atoms with E-state index in [1.807, 2.05) is 41.0 Å². The molecule has 1 aliphatic rings. The Hall–Kier alpha value is -1.59. The maximum Gasteiger partial charge on any atom is 0.236 e. The monoisotopic (exact) mass is 325 g/mol. The van der Waals surface area contributed by atoms with Crippen LogP contribution < -0.4 is 5.32 Å². The first kappa shape index (κ1) is 18.5. The summed E-state index contributed by atoms with van der Waals surface area (Å²) in [5.41, 5.74) is 2.23. The zero-order chi connectivity index (χ0) is 15.2. The molecule has 1 aromatic carbocycles. The van der Waals surface area contributed by atoms with Crippen molar-refractivity contribution in [1.29, 1.82) is 0 Å². The Balaban J connectivity index is 0.00000242. The average molecular weight is 326 g/mol. The fraction of sp³-hybridized carbons (Fsp3) is 0.500. The summed E-state index contributed by atoms with van der Waals surface area (Å²) in [5, 5.41) is 2.87. The fourth-order valence-electron chi connectivity index (χ4n) is 2.55. The van der Waals surface area contributed by atoms with Crippen LogP contribution in [0.15, 0.2) is 24.3 Å². The van der Waals surface area contributed by atoms with E-state index in [1.165, 1.54) is 0 Å². The molecule has 0 saturated carbocycles. The Labute approximate surface area is 138 Å². The van der Waals surface area contributed by atoms with Gasteiger partial charge in [0.2, 0.25) is 11.8 Å². The van der Waals surface area contributed by atoms with Crippen molar-refractivity contribution >= 4 is 24.2 Å². The highest BCUT2D eigenvalue weighted by atomic mass is 35.5. The number of aryl methyl sites for hydroxylation is 1. The van der Waals surface area contributed by atoms with Crippen LogP contribution in [0.5, 0.6) is 0 Å². The predicted octanol–water partition coefficient (Wildman–Crippen LogP) is 0.850. The van der Waals surface area contributed by atoms with Crippen molar-refractivity contribution in [3.63, 3.8) is 0 Å². The van der Waals surface area contributed by atoms with Crippen molar-refractivity contribution in [1.82, 2.24) is 15.1 Å². The molecular formula is C16H24ClN3O2. The van der Waals surface area contributed by atoms with E-state index in [2.05, 4.69) is 5.32 Å². The molecule has 0 aliphatic carbocycles. The molecule has 2 rings (SSSR count). The van der Waals surface area contributed by atoms with Crippen LogP contribution in [0.3, 0.4) is 0 Å². The number of halogens is 1. The summed E-state index contributed by atoms with van der Waals surface area (Å²) in [5.74, 6) is 0.244. The van der Waals surface area contributed by atoms with E-state index < -0.39 is 0 Å². The van der Waals surface area contributed by atoms with Gasteiger partial charge in [0.15, 0.2) is 0 Å². The summed E-state index contributed by atoms with van der Waals surface area (Å²) >= 11 is 0. The van der Waals surface area contributed by atoms with E-state index in [0.29, 0.717) is 39.1 Å². The van der Waals surface area contributed by atoms with Gasteiger partial charge in [-0.25, -0.2) is 0 Å². The number of amides is 2. The number of carbonyl (C=O) groups excluding carboxylic acids is 2. The molecule has 1 heterocycles. The lowest BCUT2D eigenvalue weighted by Gasteiger charge is -2.35. The second kappa shape index (κ2) is 8.76. The molecule has 22 heavy (non-hydrogen) atoms. The van der Waals surface area contributed by atoms with E-state index in [1.54, 1.807) is 7.05 Å². The highest BCUT2D eigenvalue weighted by Crippen LogP contribution is 2.11. The fourth-order valence-corrected chi connectivity index (χ4v) is 2.55.